The molecule has 0 radical (unpaired) electrons. The van der Waals surface area contributed by atoms with Crippen molar-refractivity contribution in [2.24, 2.45) is 21.2 Å². The number of benzene rings is 1. The summed E-state index contributed by atoms with van der Waals surface area (Å²) >= 11 is 0. The highest BCUT2D eigenvalue weighted by molar-refractivity contribution is 5.94. The molecule has 1 aromatic carbocycles. The van der Waals surface area contributed by atoms with E-state index in [9.17, 15) is 9.90 Å². The first kappa shape index (κ1) is 16.2. The number of hydrogen-bond acceptors (Lipinski definition) is 6. The summed E-state index contributed by atoms with van der Waals surface area (Å²) in [5.41, 5.74) is 3.80. The quantitative estimate of drug-likeness (QED) is 0.286. The van der Waals surface area contributed by atoms with Crippen LogP contribution in [-0.4, -0.2) is 41.3 Å². The Morgan fingerprint density at radius 2 is 2.19 bits per heavy atom. The number of nitrogens with zero attached hydrogens (tertiary/aromatic N) is 5. The van der Waals surface area contributed by atoms with Gasteiger partial charge in [-0.3, -0.25) is 4.90 Å². The minimum atomic E-state index is -0.483. The second kappa shape index (κ2) is 6.52. The van der Waals surface area contributed by atoms with Crippen LogP contribution in [0.3, 0.4) is 0 Å². The highest BCUT2D eigenvalue weighted by atomic mass is 16.6. The van der Waals surface area contributed by atoms with Crippen LogP contribution in [0.4, 0.5) is 16.3 Å². The molecular weight excluding hydrogens is 336 g/mol. The lowest BCUT2D eigenvalue weighted by molar-refractivity contribution is 0.0830. The number of carbonyl (C=O) groups excluding carboxylic acids is 1. The first-order valence-corrected chi connectivity index (χ1v) is 8.04. The fourth-order valence-corrected chi connectivity index (χ4v) is 3.36. The minimum Gasteiger partial charge on any atom is -0.441 e. The van der Waals surface area contributed by atoms with Gasteiger partial charge in [-0.15, -0.1) is 5.11 Å². The van der Waals surface area contributed by atoms with Crippen molar-refractivity contribution in [1.29, 1.82) is 0 Å². The van der Waals surface area contributed by atoms with Crippen LogP contribution in [-0.2, 0) is 11.2 Å². The summed E-state index contributed by atoms with van der Waals surface area (Å²) in [6.07, 6.45) is 2.71. The number of aliphatic hydroxyl groups excluding tert-OH is 1. The number of carbonyl (C=O) groups is 1. The number of ether oxygens (including phenoxy) is 1. The van der Waals surface area contributed by atoms with Crippen LogP contribution in [0.2, 0.25) is 0 Å². The van der Waals surface area contributed by atoms with Gasteiger partial charge in [0.15, 0.2) is 5.82 Å². The summed E-state index contributed by atoms with van der Waals surface area (Å²) in [5.74, 6) is 5.39. The standard InChI is InChI=1S/C17H16N6O3/c18-22-21-9-20-16-4-2-11(7-19-16)10-1-3-13-12(5-10)6-14-15(8-24)26-17(25)23(13)14/h1-5,7,9,14-15,24H,6,8H2,(H2,18,19,20,21)/t14-,15-/m0/s1. The summed E-state index contributed by atoms with van der Waals surface area (Å²) < 4.78 is 5.19. The minimum absolute atomic E-state index is 0.149. The summed E-state index contributed by atoms with van der Waals surface area (Å²) in [5, 5.41) is 15.9. The fraction of sp³-hybridized carbons (Fsp3) is 0.235. The molecule has 4 rings (SSSR count). The van der Waals surface area contributed by atoms with Crippen LogP contribution >= 0.6 is 0 Å². The van der Waals surface area contributed by atoms with E-state index in [2.05, 4.69) is 20.3 Å². The zero-order valence-electron chi connectivity index (χ0n) is 13.7. The van der Waals surface area contributed by atoms with Crippen molar-refractivity contribution in [3.8, 4) is 11.1 Å². The summed E-state index contributed by atoms with van der Waals surface area (Å²) in [4.78, 5) is 21.9. The molecule has 0 bridgehead atoms. The number of cyclic esters (lactones) is 1. The van der Waals surface area contributed by atoms with Gasteiger partial charge in [0.1, 0.15) is 12.4 Å². The zero-order chi connectivity index (χ0) is 18.1. The predicted octanol–water partition coefficient (Wildman–Crippen LogP) is 1.98. The van der Waals surface area contributed by atoms with Gasteiger partial charge in [0.2, 0.25) is 0 Å². The molecule has 2 atom stereocenters. The molecule has 26 heavy (non-hydrogen) atoms. The van der Waals surface area contributed by atoms with E-state index in [-0.39, 0.29) is 12.6 Å². The monoisotopic (exact) mass is 352 g/mol. The molecule has 1 fully saturated rings. The number of pyridine rings is 1. The highest BCUT2D eigenvalue weighted by Crippen LogP contribution is 2.40. The number of rotatable bonds is 4. The Hall–Kier alpha value is -3.33. The molecule has 0 aliphatic carbocycles. The van der Waals surface area contributed by atoms with E-state index in [0.717, 1.165) is 22.4 Å². The summed E-state index contributed by atoms with van der Waals surface area (Å²) in [7, 11) is 0. The van der Waals surface area contributed by atoms with Crippen LogP contribution < -0.4 is 10.7 Å². The molecule has 2 aliphatic heterocycles. The SMILES string of the molecule is NN=NC=Nc1ccc(-c2ccc3c(c2)C[C@H]2[C@H](CO)OC(=O)N32)cn1. The fourth-order valence-electron chi connectivity index (χ4n) is 3.36. The molecule has 2 aromatic rings. The zero-order valence-corrected chi connectivity index (χ0v) is 13.7. The van der Waals surface area contributed by atoms with E-state index in [1.165, 1.54) is 6.34 Å². The molecule has 0 spiro atoms. The van der Waals surface area contributed by atoms with E-state index < -0.39 is 12.2 Å². The van der Waals surface area contributed by atoms with Crippen LogP contribution in [0.25, 0.3) is 11.1 Å². The Morgan fingerprint density at radius 3 is 2.92 bits per heavy atom. The number of anilines is 1. The molecule has 1 amide bonds. The first-order chi connectivity index (χ1) is 12.7. The van der Waals surface area contributed by atoms with Gasteiger partial charge in [-0.05, 0) is 41.8 Å². The number of aromatic nitrogens is 1. The maximum atomic E-state index is 12.0. The van der Waals surface area contributed by atoms with Gasteiger partial charge in [0.25, 0.3) is 0 Å². The van der Waals surface area contributed by atoms with Gasteiger partial charge in [-0.2, -0.15) is 0 Å². The van der Waals surface area contributed by atoms with Crippen molar-refractivity contribution in [2.45, 2.75) is 18.6 Å². The first-order valence-electron chi connectivity index (χ1n) is 8.04. The number of fused-ring (bicyclic) bond motifs is 3. The van der Waals surface area contributed by atoms with E-state index in [0.29, 0.717) is 12.2 Å². The molecular formula is C17H16N6O3. The Morgan fingerprint density at radius 1 is 1.35 bits per heavy atom. The number of nitrogens with two attached hydrogens (primary N) is 1. The Bertz CT molecular complexity index is 896. The molecule has 132 valence electrons. The topological polar surface area (TPSA) is 126 Å². The predicted molar refractivity (Wildman–Crippen MR) is 94.2 cm³/mol. The molecule has 0 unspecified atom stereocenters. The van der Waals surface area contributed by atoms with Crippen LogP contribution in [0.5, 0.6) is 0 Å². The Kier molecular flexibility index (Phi) is 4.05. The van der Waals surface area contributed by atoms with Gasteiger partial charge in [0, 0.05) is 11.8 Å². The number of hydrogen-bond donors (Lipinski definition) is 2. The largest absolute Gasteiger partial charge is 0.441 e. The third kappa shape index (κ3) is 2.68. The molecule has 3 heterocycles. The van der Waals surface area contributed by atoms with E-state index in [1.54, 1.807) is 17.2 Å². The van der Waals surface area contributed by atoms with Gasteiger partial charge < -0.3 is 15.7 Å². The van der Waals surface area contributed by atoms with Gasteiger partial charge in [0.05, 0.1) is 18.3 Å². The van der Waals surface area contributed by atoms with E-state index >= 15 is 0 Å². The van der Waals surface area contributed by atoms with E-state index in [1.807, 2.05) is 24.3 Å². The molecule has 9 nitrogen and oxygen atoms in total. The molecule has 1 aromatic heterocycles. The second-order valence-corrected chi connectivity index (χ2v) is 5.97. The number of amides is 1. The molecule has 0 saturated carbocycles. The Labute approximate surface area is 148 Å². The normalized spacial score (nSPS) is 21.4. The van der Waals surface area contributed by atoms with Crippen molar-refractivity contribution >= 4 is 23.9 Å². The summed E-state index contributed by atoms with van der Waals surface area (Å²) in [6, 6.07) is 9.40. The number of aliphatic imine (C=N–C) groups is 1. The smallest absolute Gasteiger partial charge is 0.415 e. The van der Waals surface area contributed by atoms with Crippen molar-refractivity contribution < 1.29 is 14.6 Å². The van der Waals surface area contributed by atoms with Crippen molar-refractivity contribution in [3.05, 3.63) is 42.1 Å². The third-order valence-electron chi connectivity index (χ3n) is 4.55. The second-order valence-electron chi connectivity index (χ2n) is 5.97. The average molecular weight is 352 g/mol. The lowest BCUT2D eigenvalue weighted by Crippen LogP contribution is -2.34. The highest BCUT2D eigenvalue weighted by Gasteiger charge is 2.47. The molecule has 9 heteroatoms. The molecule has 2 aliphatic rings. The lowest BCUT2D eigenvalue weighted by atomic mass is 10.0. The lowest BCUT2D eigenvalue weighted by Gasteiger charge is -2.14. The van der Waals surface area contributed by atoms with Crippen molar-refractivity contribution in [2.75, 3.05) is 11.5 Å². The van der Waals surface area contributed by atoms with Crippen molar-refractivity contribution in [3.63, 3.8) is 0 Å². The van der Waals surface area contributed by atoms with Gasteiger partial charge in [-0.1, -0.05) is 11.3 Å². The van der Waals surface area contributed by atoms with Crippen LogP contribution in [0.1, 0.15) is 5.56 Å². The average Bonchev–Trinajstić information content (AvgIpc) is 3.19. The maximum absolute atomic E-state index is 12.0. The summed E-state index contributed by atoms with van der Waals surface area (Å²) in [6.45, 7) is -0.177. The maximum Gasteiger partial charge on any atom is 0.415 e. The third-order valence-corrected chi connectivity index (χ3v) is 4.55. The van der Waals surface area contributed by atoms with Crippen LogP contribution in [0, 0.1) is 0 Å². The van der Waals surface area contributed by atoms with Crippen LogP contribution in [0.15, 0.2) is 51.9 Å². The van der Waals surface area contributed by atoms with Crippen molar-refractivity contribution in [1.82, 2.24) is 4.98 Å². The van der Waals surface area contributed by atoms with Gasteiger partial charge >= 0.3 is 6.09 Å². The Balaban J connectivity index is 1.59. The molecule has 1 saturated heterocycles. The van der Waals surface area contributed by atoms with E-state index in [4.69, 9.17) is 10.6 Å². The molecule has 3 N–H and O–H groups in total. The number of aliphatic hydroxyl groups is 1. The van der Waals surface area contributed by atoms with Gasteiger partial charge in [-0.25, -0.2) is 14.8 Å².